The van der Waals surface area contributed by atoms with Crippen LogP contribution < -0.4 is 16.0 Å². The van der Waals surface area contributed by atoms with E-state index < -0.39 is 24.5 Å². The average molecular weight is 401 g/mol. The number of halogens is 1. The maximum atomic E-state index is 11.8. The quantitative estimate of drug-likeness (QED) is 0.617. The molecule has 28 heavy (non-hydrogen) atoms. The summed E-state index contributed by atoms with van der Waals surface area (Å²) in [5.41, 5.74) is 1.29. The SMILES string of the molecule is N#Cc1ccc(NC(=O)COC(=O)CCNC(=O)Nc2ccccc2)cc1Cl. The third-order valence-electron chi connectivity index (χ3n) is 3.38. The number of anilines is 2. The first kappa shape index (κ1) is 20.7. The Morgan fingerprint density at radius 1 is 1.04 bits per heavy atom. The van der Waals surface area contributed by atoms with Crippen LogP contribution in [-0.4, -0.2) is 31.1 Å². The summed E-state index contributed by atoms with van der Waals surface area (Å²) in [7, 11) is 0. The second-order valence-electron chi connectivity index (χ2n) is 5.51. The maximum absolute atomic E-state index is 11.8. The lowest BCUT2D eigenvalue weighted by Crippen LogP contribution is -2.31. The van der Waals surface area contributed by atoms with E-state index in [-0.39, 0.29) is 23.6 Å². The molecule has 0 aliphatic carbocycles. The zero-order chi connectivity index (χ0) is 20.4. The number of nitrogens with one attached hydrogen (secondary N) is 3. The molecule has 8 nitrogen and oxygen atoms in total. The minimum Gasteiger partial charge on any atom is -0.456 e. The fraction of sp³-hybridized carbons (Fsp3) is 0.158. The number of hydrogen-bond donors (Lipinski definition) is 3. The van der Waals surface area contributed by atoms with Crippen LogP contribution in [0.2, 0.25) is 5.02 Å². The van der Waals surface area contributed by atoms with Gasteiger partial charge in [0.05, 0.1) is 17.0 Å². The molecule has 2 aromatic carbocycles. The first-order valence-corrected chi connectivity index (χ1v) is 8.61. The molecule has 0 fully saturated rings. The Morgan fingerprint density at radius 3 is 2.46 bits per heavy atom. The van der Waals surface area contributed by atoms with Crippen molar-refractivity contribution in [2.24, 2.45) is 0 Å². The molecule has 2 aromatic rings. The molecular weight excluding hydrogens is 384 g/mol. The molecule has 0 bridgehead atoms. The number of carbonyl (C=O) groups is 3. The van der Waals surface area contributed by atoms with E-state index in [0.717, 1.165) is 0 Å². The van der Waals surface area contributed by atoms with E-state index in [2.05, 4.69) is 16.0 Å². The molecule has 0 heterocycles. The van der Waals surface area contributed by atoms with Gasteiger partial charge >= 0.3 is 12.0 Å². The van der Waals surface area contributed by atoms with Crippen molar-refractivity contribution in [2.75, 3.05) is 23.8 Å². The summed E-state index contributed by atoms with van der Waals surface area (Å²) in [5.74, 6) is -1.18. The van der Waals surface area contributed by atoms with E-state index in [4.69, 9.17) is 21.6 Å². The standard InChI is InChI=1S/C19H17ClN4O4/c20-16-10-15(7-6-13(16)11-21)23-17(25)12-28-18(26)8-9-22-19(27)24-14-4-2-1-3-5-14/h1-7,10H,8-9,12H2,(H,23,25)(H2,22,24,27). The minimum atomic E-state index is -0.631. The van der Waals surface area contributed by atoms with Gasteiger partial charge in [0.25, 0.3) is 5.91 Å². The van der Waals surface area contributed by atoms with E-state index in [9.17, 15) is 14.4 Å². The number of para-hydroxylation sites is 1. The Bertz CT molecular complexity index is 897. The molecule has 3 amide bonds. The number of ether oxygens (including phenoxy) is 1. The smallest absolute Gasteiger partial charge is 0.319 e. The number of nitriles is 1. The van der Waals surface area contributed by atoms with Crippen LogP contribution in [0.25, 0.3) is 0 Å². The number of rotatable bonds is 7. The average Bonchev–Trinajstić information content (AvgIpc) is 2.67. The molecule has 0 aromatic heterocycles. The third kappa shape index (κ3) is 6.97. The fourth-order valence-electron chi connectivity index (χ4n) is 2.07. The van der Waals surface area contributed by atoms with Crippen molar-refractivity contribution in [3.05, 3.63) is 59.1 Å². The van der Waals surface area contributed by atoms with Crippen LogP contribution in [0, 0.1) is 11.3 Å². The van der Waals surface area contributed by atoms with Gasteiger partial charge in [-0.05, 0) is 30.3 Å². The third-order valence-corrected chi connectivity index (χ3v) is 3.70. The van der Waals surface area contributed by atoms with E-state index in [1.807, 2.05) is 12.1 Å². The second-order valence-corrected chi connectivity index (χ2v) is 5.92. The van der Waals surface area contributed by atoms with Gasteiger partial charge < -0.3 is 20.7 Å². The molecule has 0 atom stereocenters. The number of esters is 1. The first-order chi connectivity index (χ1) is 13.5. The Labute approximate surface area is 166 Å². The van der Waals surface area contributed by atoms with Crippen molar-refractivity contribution >= 4 is 40.9 Å². The minimum absolute atomic E-state index is 0.0599. The van der Waals surface area contributed by atoms with Crippen molar-refractivity contribution in [1.29, 1.82) is 5.26 Å². The number of benzene rings is 2. The molecule has 9 heteroatoms. The molecule has 2 rings (SSSR count). The van der Waals surface area contributed by atoms with Gasteiger partial charge in [-0.25, -0.2) is 4.79 Å². The highest BCUT2D eigenvalue weighted by molar-refractivity contribution is 6.32. The van der Waals surface area contributed by atoms with E-state index in [1.54, 1.807) is 24.3 Å². The molecule has 144 valence electrons. The monoisotopic (exact) mass is 400 g/mol. The van der Waals surface area contributed by atoms with Crippen LogP contribution in [0.5, 0.6) is 0 Å². The molecule has 0 spiro atoms. The van der Waals surface area contributed by atoms with Crippen molar-refractivity contribution in [2.45, 2.75) is 6.42 Å². The summed E-state index contributed by atoms with van der Waals surface area (Å²) in [4.78, 5) is 35.1. The predicted octanol–water partition coefficient (Wildman–Crippen LogP) is 2.91. The van der Waals surface area contributed by atoms with Gasteiger partial charge in [0, 0.05) is 17.9 Å². The highest BCUT2D eigenvalue weighted by atomic mass is 35.5. The fourth-order valence-corrected chi connectivity index (χ4v) is 2.30. The Kier molecular flexibility index (Phi) is 7.81. The van der Waals surface area contributed by atoms with E-state index in [0.29, 0.717) is 11.4 Å². The zero-order valence-electron chi connectivity index (χ0n) is 14.7. The van der Waals surface area contributed by atoms with Gasteiger partial charge in [0.1, 0.15) is 6.07 Å². The Balaban J connectivity index is 1.65. The van der Waals surface area contributed by atoms with E-state index in [1.165, 1.54) is 18.2 Å². The summed E-state index contributed by atoms with van der Waals surface area (Å²) in [6, 6.07) is 14.7. The van der Waals surface area contributed by atoms with Gasteiger partial charge in [-0.3, -0.25) is 9.59 Å². The number of hydrogen-bond acceptors (Lipinski definition) is 5. The van der Waals surface area contributed by atoms with Gasteiger partial charge in [0.15, 0.2) is 6.61 Å². The molecule has 0 unspecified atom stereocenters. The molecule has 0 saturated heterocycles. The molecule has 0 aliphatic heterocycles. The summed E-state index contributed by atoms with van der Waals surface area (Å²) < 4.78 is 4.84. The predicted molar refractivity (Wildman–Crippen MR) is 104 cm³/mol. The molecule has 0 saturated carbocycles. The largest absolute Gasteiger partial charge is 0.456 e. The van der Waals surface area contributed by atoms with E-state index >= 15 is 0 Å². The lowest BCUT2D eigenvalue weighted by Gasteiger charge is -2.09. The maximum Gasteiger partial charge on any atom is 0.319 e. The number of amides is 3. The highest BCUT2D eigenvalue weighted by Gasteiger charge is 2.10. The van der Waals surface area contributed by atoms with Crippen LogP contribution in [0.1, 0.15) is 12.0 Å². The Morgan fingerprint density at radius 2 is 1.79 bits per heavy atom. The van der Waals surface area contributed by atoms with Crippen LogP contribution in [0.4, 0.5) is 16.2 Å². The van der Waals surface area contributed by atoms with Gasteiger partial charge in [-0.2, -0.15) is 5.26 Å². The number of urea groups is 1. The van der Waals surface area contributed by atoms with Crippen molar-refractivity contribution in [1.82, 2.24) is 5.32 Å². The zero-order valence-corrected chi connectivity index (χ0v) is 15.5. The Hall–Kier alpha value is -3.57. The molecule has 0 radical (unpaired) electrons. The topological polar surface area (TPSA) is 120 Å². The lowest BCUT2D eigenvalue weighted by molar-refractivity contribution is -0.147. The normalized spacial score (nSPS) is 9.71. The summed E-state index contributed by atoms with van der Waals surface area (Å²) >= 11 is 5.88. The molecule has 3 N–H and O–H groups in total. The van der Waals surface area contributed by atoms with Crippen LogP contribution in [-0.2, 0) is 14.3 Å². The highest BCUT2D eigenvalue weighted by Crippen LogP contribution is 2.20. The van der Waals surface area contributed by atoms with Crippen LogP contribution in [0.15, 0.2) is 48.5 Å². The molecular formula is C19H17ClN4O4. The van der Waals surface area contributed by atoms with Gasteiger partial charge in [0.2, 0.25) is 0 Å². The van der Waals surface area contributed by atoms with Gasteiger partial charge in [-0.15, -0.1) is 0 Å². The first-order valence-electron chi connectivity index (χ1n) is 8.23. The van der Waals surface area contributed by atoms with Crippen LogP contribution >= 0.6 is 11.6 Å². The van der Waals surface area contributed by atoms with Gasteiger partial charge in [-0.1, -0.05) is 29.8 Å². The van der Waals surface area contributed by atoms with Crippen molar-refractivity contribution in [3.63, 3.8) is 0 Å². The summed E-state index contributed by atoms with van der Waals surface area (Å²) in [6.45, 7) is -0.420. The van der Waals surface area contributed by atoms with Crippen LogP contribution in [0.3, 0.4) is 0 Å². The lowest BCUT2D eigenvalue weighted by atomic mass is 10.2. The number of nitrogens with zero attached hydrogens (tertiary/aromatic N) is 1. The van der Waals surface area contributed by atoms with Crippen molar-refractivity contribution in [3.8, 4) is 6.07 Å². The molecule has 0 aliphatic rings. The van der Waals surface area contributed by atoms with Crippen molar-refractivity contribution < 1.29 is 19.1 Å². The number of carbonyl (C=O) groups excluding carboxylic acids is 3. The summed E-state index contributed by atoms with van der Waals surface area (Å²) in [6.07, 6.45) is -0.0851. The second kappa shape index (κ2) is 10.5. The summed E-state index contributed by atoms with van der Waals surface area (Å²) in [5, 5.41) is 16.6.